The van der Waals surface area contributed by atoms with E-state index < -0.39 is 0 Å². The third-order valence-electron chi connectivity index (χ3n) is 2.35. The molecule has 0 aliphatic rings. The van der Waals surface area contributed by atoms with Crippen molar-refractivity contribution >= 4 is 0 Å². The first-order valence-corrected chi connectivity index (χ1v) is 5.08. The van der Waals surface area contributed by atoms with E-state index in [0.29, 0.717) is 0 Å². The first-order chi connectivity index (χ1) is 6.81. The Morgan fingerprint density at radius 2 is 2.14 bits per heavy atom. The Morgan fingerprint density at radius 3 is 2.71 bits per heavy atom. The van der Waals surface area contributed by atoms with Gasteiger partial charge in [-0.1, -0.05) is 19.1 Å². The van der Waals surface area contributed by atoms with Crippen molar-refractivity contribution in [1.82, 2.24) is 0 Å². The van der Waals surface area contributed by atoms with Crippen molar-refractivity contribution in [3.63, 3.8) is 0 Å². The zero-order valence-corrected chi connectivity index (χ0v) is 8.92. The zero-order valence-electron chi connectivity index (χ0n) is 8.92. The van der Waals surface area contributed by atoms with Crippen LogP contribution in [0.15, 0.2) is 18.2 Å². The summed E-state index contributed by atoms with van der Waals surface area (Å²) < 4.78 is 5.25. The molecule has 1 aromatic rings. The molecule has 0 heterocycles. The van der Waals surface area contributed by atoms with Gasteiger partial charge in [0, 0.05) is 6.61 Å². The molecule has 0 spiro atoms. The molecule has 2 nitrogen and oxygen atoms in total. The van der Waals surface area contributed by atoms with Crippen LogP contribution in [-0.4, -0.2) is 18.8 Å². The lowest BCUT2D eigenvalue weighted by Gasteiger charge is -2.08. The smallest absolute Gasteiger partial charge is 0.122 e. The average Bonchev–Trinajstić information content (AvgIpc) is 2.25. The molecule has 0 radical (unpaired) electrons. The first-order valence-electron chi connectivity index (χ1n) is 5.08. The van der Waals surface area contributed by atoms with Gasteiger partial charge in [-0.2, -0.15) is 0 Å². The maximum atomic E-state index is 8.73. The highest BCUT2D eigenvalue weighted by Crippen LogP contribution is 2.20. The van der Waals surface area contributed by atoms with Gasteiger partial charge in [0.05, 0.1) is 7.11 Å². The predicted octanol–water partition coefficient (Wildman–Crippen LogP) is 2.18. The predicted molar refractivity (Wildman–Crippen MR) is 57.8 cm³/mol. The molecule has 0 bridgehead atoms. The Hall–Kier alpha value is -1.02. The van der Waals surface area contributed by atoms with Gasteiger partial charge in [0.2, 0.25) is 0 Å². The molecule has 0 aliphatic carbocycles. The maximum Gasteiger partial charge on any atom is 0.122 e. The minimum atomic E-state index is 0.257. The Balaban J connectivity index is 2.79. The van der Waals surface area contributed by atoms with Crippen molar-refractivity contribution in [2.75, 3.05) is 13.7 Å². The van der Waals surface area contributed by atoms with Gasteiger partial charge in [-0.15, -0.1) is 0 Å². The number of methoxy groups -OCH3 is 1. The molecule has 0 unspecified atom stereocenters. The number of aliphatic hydroxyl groups is 1. The summed E-state index contributed by atoms with van der Waals surface area (Å²) in [7, 11) is 1.70. The van der Waals surface area contributed by atoms with Gasteiger partial charge in [0.25, 0.3) is 0 Å². The first kappa shape index (κ1) is 11.1. The number of aliphatic hydroxyl groups excluding tert-OH is 1. The summed E-state index contributed by atoms with van der Waals surface area (Å²) in [5.41, 5.74) is 2.51. The van der Waals surface area contributed by atoms with Gasteiger partial charge in [-0.3, -0.25) is 0 Å². The highest BCUT2D eigenvalue weighted by atomic mass is 16.5. The summed E-state index contributed by atoms with van der Waals surface area (Å²) in [4.78, 5) is 0. The quantitative estimate of drug-likeness (QED) is 0.778. The number of benzene rings is 1. The Kier molecular flexibility index (Phi) is 4.47. The second-order valence-electron chi connectivity index (χ2n) is 3.33. The number of aryl methyl sites for hydroxylation is 2. The van der Waals surface area contributed by atoms with E-state index in [4.69, 9.17) is 9.84 Å². The van der Waals surface area contributed by atoms with Crippen LogP contribution in [0.1, 0.15) is 24.5 Å². The lowest BCUT2D eigenvalue weighted by Crippen LogP contribution is -1.94. The van der Waals surface area contributed by atoms with Crippen LogP contribution in [0.4, 0.5) is 0 Å². The Bertz CT molecular complexity index is 282. The van der Waals surface area contributed by atoms with Gasteiger partial charge in [-0.05, 0) is 36.5 Å². The molecule has 1 N–H and O–H groups in total. The highest BCUT2D eigenvalue weighted by Gasteiger charge is 2.01. The average molecular weight is 194 g/mol. The molecule has 0 aromatic heterocycles. The molecule has 2 heteroatoms. The Labute approximate surface area is 85.5 Å². The van der Waals surface area contributed by atoms with Crippen LogP contribution >= 0.6 is 0 Å². The fraction of sp³-hybridized carbons (Fsp3) is 0.500. The molecule has 0 atom stereocenters. The van der Waals surface area contributed by atoms with Crippen molar-refractivity contribution in [3.05, 3.63) is 29.3 Å². The SMILES string of the molecule is CCc1cc(CCCO)ccc1OC. The fourth-order valence-electron chi connectivity index (χ4n) is 1.55. The van der Waals surface area contributed by atoms with Crippen molar-refractivity contribution in [3.8, 4) is 5.75 Å². The number of ether oxygens (including phenoxy) is 1. The summed E-state index contributed by atoms with van der Waals surface area (Å²) >= 11 is 0. The maximum absolute atomic E-state index is 8.73. The van der Waals surface area contributed by atoms with E-state index in [-0.39, 0.29) is 6.61 Å². The van der Waals surface area contributed by atoms with E-state index in [0.717, 1.165) is 25.0 Å². The van der Waals surface area contributed by atoms with Crippen LogP contribution in [0.25, 0.3) is 0 Å². The molecule has 0 fully saturated rings. The van der Waals surface area contributed by atoms with E-state index in [1.54, 1.807) is 7.11 Å². The topological polar surface area (TPSA) is 29.5 Å². The summed E-state index contributed by atoms with van der Waals surface area (Å²) in [6.07, 6.45) is 2.75. The van der Waals surface area contributed by atoms with Crippen LogP contribution in [0.2, 0.25) is 0 Å². The summed E-state index contributed by atoms with van der Waals surface area (Å²) in [5.74, 6) is 0.959. The standard InChI is InChI=1S/C12H18O2/c1-3-11-9-10(5-4-8-13)6-7-12(11)14-2/h6-7,9,13H,3-5,8H2,1-2H3. The summed E-state index contributed by atoms with van der Waals surface area (Å²) in [6.45, 7) is 2.38. The number of hydrogen-bond acceptors (Lipinski definition) is 2. The normalized spacial score (nSPS) is 10.2. The van der Waals surface area contributed by atoms with Gasteiger partial charge < -0.3 is 9.84 Å². The van der Waals surface area contributed by atoms with E-state index >= 15 is 0 Å². The third-order valence-corrected chi connectivity index (χ3v) is 2.35. The third kappa shape index (κ3) is 2.74. The van der Waals surface area contributed by atoms with E-state index in [9.17, 15) is 0 Å². The second-order valence-corrected chi connectivity index (χ2v) is 3.33. The van der Waals surface area contributed by atoms with E-state index in [1.807, 2.05) is 6.07 Å². The van der Waals surface area contributed by atoms with Crippen molar-refractivity contribution in [2.24, 2.45) is 0 Å². The molecule has 0 saturated heterocycles. The molecule has 0 amide bonds. The minimum Gasteiger partial charge on any atom is -0.496 e. The summed E-state index contributed by atoms with van der Waals surface area (Å²) in [6, 6.07) is 6.23. The zero-order chi connectivity index (χ0) is 10.4. The number of rotatable bonds is 5. The fourth-order valence-corrected chi connectivity index (χ4v) is 1.55. The minimum absolute atomic E-state index is 0.257. The van der Waals surface area contributed by atoms with Crippen LogP contribution in [-0.2, 0) is 12.8 Å². The van der Waals surface area contributed by atoms with Crippen LogP contribution in [0.5, 0.6) is 5.75 Å². The van der Waals surface area contributed by atoms with Gasteiger partial charge in [-0.25, -0.2) is 0 Å². The molecule has 1 aromatic carbocycles. The lowest BCUT2D eigenvalue weighted by atomic mass is 10.0. The van der Waals surface area contributed by atoms with E-state index in [1.165, 1.54) is 11.1 Å². The van der Waals surface area contributed by atoms with Crippen molar-refractivity contribution < 1.29 is 9.84 Å². The molecule has 1 rings (SSSR count). The number of hydrogen-bond donors (Lipinski definition) is 1. The highest BCUT2D eigenvalue weighted by molar-refractivity contribution is 5.37. The van der Waals surface area contributed by atoms with Crippen LogP contribution in [0, 0.1) is 0 Å². The monoisotopic (exact) mass is 194 g/mol. The van der Waals surface area contributed by atoms with E-state index in [2.05, 4.69) is 19.1 Å². The summed E-state index contributed by atoms with van der Waals surface area (Å²) in [5, 5.41) is 8.73. The largest absolute Gasteiger partial charge is 0.496 e. The van der Waals surface area contributed by atoms with Crippen LogP contribution in [0.3, 0.4) is 0 Å². The molecule has 14 heavy (non-hydrogen) atoms. The van der Waals surface area contributed by atoms with Gasteiger partial charge >= 0.3 is 0 Å². The molecule has 0 aliphatic heterocycles. The van der Waals surface area contributed by atoms with Gasteiger partial charge in [0.1, 0.15) is 5.75 Å². The van der Waals surface area contributed by atoms with Gasteiger partial charge in [0.15, 0.2) is 0 Å². The van der Waals surface area contributed by atoms with Crippen molar-refractivity contribution in [1.29, 1.82) is 0 Å². The molecule has 78 valence electrons. The molecular formula is C12H18O2. The lowest BCUT2D eigenvalue weighted by molar-refractivity contribution is 0.288. The molecule has 0 saturated carbocycles. The van der Waals surface area contributed by atoms with Crippen molar-refractivity contribution in [2.45, 2.75) is 26.2 Å². The molecular weight excluding hydrogens is 176 g/mol. The Morgan fingerprint density at radius 1 is 1.36 bits per heavy atom. The second kappa shape index (κ2) is 5.66. The van der Waals surface area contributed by atoms with Crippen LogP contribution < -0.4 is 4.74 Å².